The maximum absolute atomic E-state index is 3.99. The van der Waals surface area contributed by atoms with E-state index >= 15 is 0 Å². The first-order chi connectivity index (χ1) is 7.70. The van der Waals surface area contributed by atoms with E-state index in [1.807, 2.05) is 0 Å². The van der Waals surface area contributed by atoms with E-state index in [2.05, 4.69) is 58.1 Å². The highest BCUT2D eigenvalue weighted by atomic mass is 79.9. The molecule has 0 saturated carbocycles. The predicted molar refractivity (Wildman–Crippen MR) is 80.4 cm³/mol. The van der Waals surface area contributed by atoms with Gasteiger partial charge in [0.1, 0.15) is 0 Å². The molecule has 1 aliphatic rings. The molecule has 1 aromatic carbocycles. The molecule has 2 heteroatoms. The molecule has 16 heavy (non-hydrogen) atoms. The highest BCUT2D eigenvalue weighted by Gasteiger charge is 2.23. The Morgan fingerprint density at radius 1 is 1.25 bits per heavy atom. The molecular weight excluding hydrogens is 280 g/mol. The molecule has 0 amide bonds. The molecular formula is C14H19BrS. The minimum atomic E-state index is -0.471. The summed E-state index contributed by atoms with van der Waals surface area (Å²) >= 11 is 3.99. The second-order valence-corrected chi connectivity index (χ2v) is 11.6. The molecule has 0 radical (unpaired) electrons. The topological polar surface area (TPSA) is 0 Å². The monoisotopic (exact) mass is 298 g/mol. The van der Waals surface area contributed by atoms with Gasteiger partial charge in [0.25, 0.3) is 0 Å². The SMILES string of the molecule is C/C(=C/CS1(Br)CCCC1)c1ccccc1. The average Bonchev–Trinajstić information content (AvgIpc) is 2.75. The zero-order valence-corrected chi connectivity index (χ0v) is 12.2. The molecule has 0 N–H and O–H groups in total. The van der Waals surface area contributed by atoms with Crippen LogP contribution in [0.3, 0.4) is 0 Å². The van der Waals surface area contributed by atoms with Crippen molar-refractivity contribution in [2.75, 3.05) is 17.3 Å². The van der Waals surface area contributed by atoms with Crippen molar-refractivity contribution in [3.8, 4) is 0 Å². The van der Waals surface area contributed by atoms with Crippen molar-refractivity contribution in [2.24, 2.45) is 0 Å². The molecule has 0 nitrogen and oxygen atoms in total. The van der Waals surface area contributed by atoms with Crippen molar-refractivity contribution in [3.63, 3.8) is 0 Å². The van der Waals surface area contributed by atoms with Crippen molar-refractivity contribution in [2.45, 2.75) is 19.8 Å². The maximum Gasteiger partial charge on any atom is 0.00501 e. The number of allylic oxidation sites excluding steroid dienone is 1. The van der Waals surface area contributed by atoms with Crippen LogP contribution in [-0.2, 0) is 0 Å². The lowest BCUT2D eigenvalue weighted by Crippen LogP contribution is -1.97. The van der Waals surface area contributed by atoms with E-state index in [9.17, 15) is 0 Å². The molecule has 0 aliphatic carbocycles. The Balaban J connectivity index is 2.02. The zero-order valence-electron chi connectivity index (χ0n) is 9.79. The fraction of sp³-hybridized carbons (Fsp3) is 0.429. The van der Waals surface area contributed by atoms with E-state index in [0.29, 0.717) is 0 Å². The van der Waals surface area contributed by atoms with Crippen molar-refractivity contribution < 1.29 is 0 Å². The summed E-state index contributed by atoms with van der Waals surface area (Å²) in [6.07, 6.45) is 5.25. The van der Waals surface area contributed by atoms with Crippen LogP contribution >= 0.6 is 23.3 Å². The Kier molecular flexibility index (Phi) is 4.15. The van der Waals surface area contributed by atoms with Gasteiger partial charge in [-0.3, -0.25) is 0 Å². The van der Waals surface area contributed by atoms with Crippen LogP contribution in [0.25, 0.3) is 5.57 Å². The lowest BCUT2D eigenvalue weighted by molar-refractivity contribution is 0.949. The molecule has 0 atom stereocenters. The molecule has 0 bridgehead atoms. The Morgan fingerprint density at radius 3 is 2.50 bits per heavy atom. The van der Waals surface area contributed by atoms with E-state index in [0.717, 1.165) is 0 Å². The summed E-state index contributed by atoms with van der Waals surface area (Å²) in [5.74, 6) is 4.06. The van der Waals surface area contributed by atoms with Gasteiger partial charge in [-0.05, 0) is 57.2 Å². The highest BCUT2D eigenvalue weighted by Crippen LogP contribution is 2.60. The normalized spacial score (nSPS) is 22.0. The third kappa shape index (κ3) is 3.14. The molecule has 88 valence electrons. The van der Waals surface area contributed by atoms with E-state index in [1.165, 1.54) is 41.2 Å². The highest BCUT2D eigenvalue weighted by molar-refractivity contribution is 9.58. The molecule has 0 spiro atoms. The summed E-state index contributed by atoms with van der Waals surface area (Å²) < 4.78 is 0. The van der Waals surface area contributed by atoms with Gasteiger partial charge in [0.2, 0.25) is 0 Å². The van der Waals surface area contributed by atoms with Gasteiger partial charge in [-0.15, -0.1) is 0 Å². The van der Waals surface area contributed by atoms with Gasteiger partial charge >= 0.3 is 0 Å². The standard InChI is InChI=1S/C14H19BrS/c1-13(14-7-3-2-4-8-14)9-12-16(15)10-5-6-11-16/h2-4,7-9H,5-6,10-12H2,1H3/b13-9-. The van der Waals surface area contributed by atoms with Crippen LogP contribution in [0.2, 0.25) is 0 Å². The van der Waals surface area contributed by atoms with Crippen molar-refractivity contribution in [1.82, 2.24) is 0 Å². The smallest absolute Gasteiger partial charge is 0.00501 e. The van der Waals surface area contributed by atoms with Gasteiger partial charge in [0.15, 0.2) is 0 Å². The van der Waals surface area contributed by atoms with Crippen LogP contribution in [0, 0.1) is 0 Å². The largest absolute Gasteiger partial charge is 0.180 e. The van der Waals surface area contributed by atoms with Gasteiger partial charge in [0.05, 0.1) is 0 Å². The Morgan fingerprint density at radius 2 is 1.88 bits per heavy atom. The quantitative estimate of drug-likeness (QED) is 0.737. The van der Waals surface area contributed by atoms with Crippen LogP contribution in [0.1, 0.15) is 25.3 Å². The third-order valence-corrected chi connectivity index (χ3v) is 8.73. The van der Waals surface area contributed by atoms with Crippen LogP contribution in [0.15, 0.2) is 36.4 Å². The average molecular weight is 299 g/mol. The van der Waals surface area contributed by atoms with Gasteiger partial charge in [-0.1, -0.05) is 36.4 Å². The summed E-state index contributed by atoms with van der Waals surface area (Å²) in [6.45, 7) is 2.22. The summed E-state index contributed by atoms with van der Waals surface area (Å²) in [6, 6.07) is 10.7. The first-order valence-corrected chi connectivity index (χ1v) is 9.86. The minimum Gasteiger partial charge on any atom is -0.180 e. The van der Waals surface area contributed by atoms with Crippen LogP contribution in [0.4, 0.5) is 0 Å². The second kappa shape index (κ2) is 5.42. The van der Waals surface area contributed by atoms with Gasteiger partial charge in [-0.2, -0.15) is 8.46 Å². The fourth-order valence-electron chi connectivity index (χ4n) is 2.08. The maximum atomic E-state index is 3.99. The summed E-state index contributed by atoms with van der Waals surface area (Å²) in [5, 5.41) is 0. The van der Waals surface area contributed by atoms with E-state index < -0.39 is 8.46 Å². The lowest BCUT2D eigenvalue weighted by atomic mass is 10.1. The molecule has 2 rings (SSSR count). The Labute approximate surface area is 108 Å². The van der Waals surface area contributed by atoms with Gasteiger partial charge in [0, 0.05) is 5.75 Å². The number of benzene rings is 1. The molecule has 0 unspecified atom stereocenters. The van der Waals surface area contributed by atoms with Crippen LogP contribution in [-0.4, -0.2) is 17.3 Å². The van der Waals surface area contributed by atoms with Crippen molar-refractivity contribution >= 4 is 28.8 Å². The summed E-state index contributed by atoms with van der Waals surface area (Å²) in [5.41, 5.74) is 2.77. The molecule has 1 fully saturated rings. The lowest BCUT2D eigenvalue weighted by Gasteiger charge is -2.26. The molecule has 1 aliphatic heterocycles. The number of rotatable bonds is 3. The summed E-state index contributed by atoms with van der Waals surface area (Å²) in [4.78, 5) is 0. The summed E-state index contributed by atoms with van der Waals surface area (Å²) in [7, 11) is -0.471. The van der Waals surface area contributed by atoms with E-state index in [4.69, 9.17) is 0 Å². The number of hydrogen-bond donors (Lipinski definition) is 0. The molecule has 0 aromatic heterocycles. The Bertz CT molecular complexity index is 364. The fourth-order valence-corrected chi connectivity index (χ4v) is 6.38. The van der Waals surface area contributed by atoms with Crippen LogP contribution in [0.5, 0.6) is 0 Å². The van der Waals surface area contributed by atoms with Crippen LogP contribution < -0.4 is 0 Å². The van der Waals surface area contributed by atoms with E-state index in [1.54, 1.807) is 0 Å². The first-order valence-electron chi connectivity index (χ1n) is 5.88. The predicted octanol–water partition coefficient (Wildman–Crippen LogP) is 5.00. The van der Waals surface area contributed by atoms with Gasteiger partial charge < -0.3 is 0 Å². The van der Waals surface area contributed by atoms with Gasteiger partial charge in [-0.25, -0.2) is 0 Å². The molecule has 1 saturated heterocycles. The zero-order chi connectivity index (χ0) is 11.4. The first kappa shape index (κ1) is 12.3. The minimum absolute atomic E-state index is 0.471. The van der Waals surface area contributed by atoms with E-state index in [-0.39, 0.29) is 0 Å². The molecule has 1 heterocycles. The molecule has 1 aromatic rings. The van der Waals surface area contributed by atoms with Crippen molar-refractivity contribution in [1.29, 1.82) is 0 Å². The third-order valence-electron chi connectivity index (χ3n) is 3.19. The second-order valence-electron chi connectivity index (χ2n) is 4.47. The van der Waals surface area contributed by atoms with Crippen molar-refractivity contribution in [3.05, 3.63) is 42.0 Å². The number of halogens is 1. The number of hydrogen-bond acceptors (Lipinski definition) is 0. The Hall–Kier alpha value is -0.210.